The molecule has 1 unspecified atom stereocenters. The van der Waals surface area contributed by atoms with E-state index in [0.29, 0.717) is 5.56 Å². The molecular formula is C46H52O15. The lowest BCUT2D eigenvalue weighted by atomic mass is 9.97. The van der Waals surface area contributed by atoms with Gasteiger partial charge in [-0.3, -0.25) is 0 Å². The fourth-order valence-electron chi connectivity index (χ4n) is 7.47. The van der Waals surface area contributed by atoms with E-state index in [1.165, 1.54) is 0 Å². The highest BCUT2D eigenvalue weighted by atomic mass is 16.8. The van der Waals surface area contributed by atoms with Gasteiger partial charge in [-0.2, -0.15) is 0 Å². The van der Waals surface area contributed by atoms with Crippen LogP contribution in [0.3, 0.4) is 0 Å². The van der Waals surface area contributed by atoms with Gasteiger partial charge < -0.3 is 62.3 Å². The van der Waals surface area contributed by atoms with Gasteiger partial charge in [-0.1, -0.05) is 121 Å². The number of carbonyl (C=O) groups excluding carboxylic acids is 2. The highest BCUT2D eigenvalue weighted by Crippen LogP contribution is 2.36. The first-order chi connectivity index (χ1) is 29.7. The van der Waals surface area contributed by atoms with E-state index in [9.17, 15) is 19.8 Å². The van der Waals surface area contributed by atoms with Crippen LogP contribution in [0.2, 0.25) is 0 Å². The van der Waals surface area contributed by atoms with Crippen molar-refractivity contribution in [1.29, 1.82) is 0 Å². The number of esters is 2. The predicted molar refractivity (Wildman–Crippen MR) is 214 cm³/mol. The Balaban J connectivity index is 1.16. The summed E-state index contributed by atoms with van der Waals surface area (Å²) in [6.45, 7) is 2.19. The zero-order valence-corrected chi connectivity index (χ0v) is 34.1. The number of aliphatic hydroxyl groups excluding tert-OH is 2. The van der Waals surface area contributed by atoms with Crippen LogP contribution in [-0.4, -0.2) is 117 Å². The molecule has 2 N–H and O–H groups in total. The number of ether oxygens (including phenoxy) is 11. The third kappa shape index (κ3) is 11.1. The first-order valence-corrected chi connectivity index (χ1v) is 20.2. The van der Waals surface area contributed by atoms with Crippen molar-refractivity contribution in [3.05, 3.63) is 144 Å². The average molecular weight is 845 g/mol. The Morgan fingerprint density at radius 2 is 1.05 bits per heavy atom. The molecule has 15 nitrogen and oxygen atoms in total. The number of carbonyl (C=O) groups is 2. The molecule has 7 rings (SSSR count). The van der Waals surface area contributed by atoms with E-state index in [2.05, 4.69) is 0 Å². The Morgan fingerprint density at radius 3 is 1.56 bits per heavy atom. The predicted octanol–water partition coefficient (Wildman–Crippen LogP) is 4.16. The van der Waals surface area contributed by atoms with Crippen LogP contribution in [0, 0.1) is 0 Å². The van der Waals surface area contributed by atoms with Crippen molar-refractivity contribution in [2.75, 3.05) is 20.8 Å². The van der Waals surface area contributed by atoms with Gasteiger partial charge in [-0.05, 0) is 23.6 Å². The van der Waals surface area contributed by atoms with Crippen molar-refractivity contribution in [1.82, 2.24) is 0 Å². The van der Waals surface area contributed by atoms with E-state index in [-0.39, 0.29) is 26.4 Å². The summed E-state index contributed by atoms with van der Waals surface area (Å²) in [7, 11) is 2.20. The second kappa shape index (κ2) is 21.4. The van der Waals surface area contributed by atoms with E-state index in [1.54, 1.807) is 19.1 Å². The number of hydrogen-bond acceptors (Lipinski definition) is 15. The Morgan fingerprint density at radius 1 is 0.590 bits per heavy atom. The highest BCUT2D eigenvalue weighted by molar-refractivity contribution is 5.85. The Labute approximate surface area is 354 Å². The summed E-state index contributed by atoms with van der Waals surface area (Å²) in [5.74, 6) is -2.12. The lowest BCUT2D eigenvalue weighted by Gasteiger charge is -2.47. The molecule has 0 bridgehead atoms. The largest absolute Gasteiger partial charge is 0.467 e. The zero-order chi connectivity index (χ0) is 42.7. The van der Waals surface area contributed by atoms with Crippen molar-refractivity contribution >= 4 is 11.9 Å². The minimum absolute atomic E-state index is 0.0557. The minimum atomic E-state index is -1.92. The first-order valence-electron chi connectivity index (χ1n) is 20.2. The first kappa shape index (κ1) is 44.4. The Hall–Kier alpha value is -4.62. The van der Waals surface area contributed by atoms with E-state index in [0.717, 1.165) is 30.9 Å². The van der Waals surface area contributed by atoms with Gasteiger partial charge in [-0.15, -0.1) is 0 Å². The van der Waals surface area contributed by atoms with Crippen LogP contribution >= 0.6 is 0 Å². The maximum atomic E-state index is 13.7. The molecule has 4 aromatic carbocycles. The average Bonchev–Trinajstić information content (AvgIpc) is 3.30. The third-order valence-electron chi connectivity index (χ3n) is 10.7. The number of rotatable bonds is 17. The van der Waals surface area contributed by atoms with Gasteiger partial charge in [0.05, 0.1) is 46.8 Å². The summed E-state index contributed by atoms with van der Waals surface area (Å²) in [4.78, 5) is 27.3. The molecule has 3 heterocycles. The maximum absolute atomic E-state index is 13.7. The molecule has 326 valence electrons. The number of benzene rings is 4. The molecule has 13 atom stereocenters. The molecule has 0 aromatic heterocycles. The number of hydrogen-bond donors (Lipinski definition) is 2. The zero-order valence-electron chi connectivity index (χ0n) is 34.1. The van der Waals surface area contributed by atoms with Crippen LogP contribution < -0.4 is 0 Å². The van der Waals surface area contributed by atoms with Crippen molar-refractivity contribution in [2.45, 2.75) is 107 Å². The molecular weight excluding hydrogens is 792 g/mol. The number of aliphatic hydroxyl groups is 2. The maximum Gasteiger partial charge on any atom is 0.338 e. The quantitative estimate of drug-likeness (QED) is 0.145. The summed E-state index contributed by atoms with van der Waals surface area (Å²) in [6.07, 6.45) is -16.4. The van der Waals surface area contributed by atoms with Gasteiger partial charge in [0.1, 0.15) is 42.7 Å². The lowest BCUT2D eigenvalue weighted by Crippen LogP contribution is -2.64. The molecule has 3 saturated heterocycles. The number of fused-ring (bicyclic) bond motifs is 1. The summed E-state index contributed by atoms with van der Waals surface area (Å²) in [5, 5.41) is 22.6. The lowest BCUT2D eigenvalue weighted by molar-refractivity contribution is -0.372. The van der Waals surface area contributed by atoms with Crippen molar-refractivity contribution in [3.63, 3.8) is 0 Å². The molecule has 0 saturated carbocycles. The molecule has 3 aliphatic heterocycles. The van der Waals surface area contributed by atoms with E-state index >= 15 is 0 Å². The minimum Gasteiger partial charge on any atom is -0.467 e. The van der Waals surface area contributed by atoms with Gasteiger partial charge in [0.15, 0.2) is 31.1 Å². The van der Waals surface area contributed by atoms with Crippen LogP contribution in [0.5, 0.6) is 0 Å². The van der Waals surface area contributed by atoms with E-state index in [4.69, 9.17) is 52.1 Å². The van der Waals surface area contributed by atoms with Gasteiger partial charge in [0, 0.05) is 5.56 Å². The Kier molecular flexibility index (Phi) is 15.6. The van der Waals surface area contributed by atoms with Crippen LogP contribution in [0.25, 0.3) is 0 Å². The fourth-order valence-corrected chi connectivity index (χ4v) is 7.47. The fraction of sp³-hybridized carbons (Fsp3) is 0.435. The third-order valence-corrected chi connectivity index (χ3v) is 10.7. The van der Waals surface area contributed by atoms with Crippen LogP contribution in [-0.2, 0) is 81.5 Å². The molecule has 61 heavy (non-hydrogen) atoms. The van der Waals surface area contributed by atoms with Gasteiger partial charge in [0.25, 0.3) is 0 Å². The van der Waals surface area contributed by atoms with Crippen LogP contribution in [0.4, 0.5) is 0 Å². The number of methoxy groups -OCH3 is 2. The van der Waals surface area contributed by atoms with Gasteiger partial charge in [-0.25, -0.2) is 9.59 Å². The normalized spacial score (nSPS) is 29.8. The van der Waals surface area contributed by atoms with Crippen molar-refractivity contribution in [2.24, 2.45) is 0 Å². The molecule has 0 spiro atoms. The highest BCUT2D eigenvalue weighted by Gasteiger charge is 2.54. The molecule has 0 amide bonds. The smallest absolute Gasteiger partial charge is 0.338 e. The second-order valence-corrected chi connectivity index (χ2v) is 14.9. The molecule has 15 heteroatoms. The molecule has 3 aliphatic rings. The molecule has 3 fully saturated rings. The van der Waals surface area contributed by atoms with Crippen LogP contribution in [0.1, 0.15) is 35.5 Å². The SMILES string of the molecule is COC(=O)[C@H](OC1O[C@@H](C)[C@@H](OCc2ccccc2)[C@@H](OCc2ccccc2)[C@@H]1OCc1ccccc1)[C@@H](O[C@@H]1O[C@@H]2CO[C@H](c3ccccc3)O[C@@H]2[C@H](O)[C@H]1O)C(=O)OC. The monoisotopic (exact) mass is 844 g/mol. The molecule has 0 radical (unpaired) electrons. The summed E-state index contributed by atoms with van der Waals surface area (Å²) in [5.41, 5.74) is 3.34. The summed E-state index contributed by atoms with van der Waals surface area (Å²) >= 11 is 0. The van der Waals surface area contributed by atoms with Crippen LogP contribution in [0.15, 0.2) is 121 Å². The van der Waals surface area contributed by atoms with Gasteiger partial charge in [0.2, 0.25) is 0 Å². The topological polar surface area (TPSA) is 176 Å². The summed E-state index contributed by atoms with van der Waals surface area (Å²) < 4.78 is 66.9. The Bertz CT molecular complexity index is 1940. The molecule has 0 aliphatic carbocycles. The van der Waals surface area contributed by atoms with Crippen molar-refractivity contribution < 1.29 is 71.9 Å². The molecule has 4 aromatic rings. The van der Waals surface area contributed by atoms with E-state index in [1.807, 2.05) is 109 Å². The second-order valence-electron chi connectivity index (χ2n) is 14.9. The standard InChI is InChI=1S/C46H52O15/c1-28-36(53-24-29-16-8-4-9-17-29)38(54-25-30-18-10-5-11-19-30)41(55-26-31-20-12-6-13-21-31)46(57-28)61-40(43(50)52-3)39(42(49)51-2)60-45-35(48)34(47)37-33(58-45)27-56-44(59-37)32-22-14-7-15-23-32/h4-23,28,33-41,44-48H,24-27H2,1-3H3/t28-,33+,34+,35+,36+,37-,38+,39+,40+,41-,44-,45-,46?/m0/s1. The van der Waals surface area contributed by atoms with E-state index < -0.39 is 91.8 Å². The van der Waals surface area contributed by atoms with Crippen molar-refractivity contribution in [3.8, 4) is 0 Å². The van der Waals surface area contributed by atoms with Gasteiger partial charge >= 0.3 is 11.9 Å². The summed E-state index contributed by atoms with van der Waals surface area (Å²) in [6, 6.07) is 37.7.